The first kappa shape index (κ1) is 10.7. The van der Waals surface area contributed by atoms with Crippen LogP contribution in [0.25, 0.3) is 10.9 Å². The third-order valence-corrected chi connectivity index (χ3v) is 4.15. The Morgan fingerprint density at radius 1 is 1.18 bits per heavy atom. The molecular formula is C15H18N2. The summed E-state index contributed by atoms with van der Waals surface area (Å²) >= 11 is 0. The van der Waals surface area contributed by atoms with Crippen LogP contribution in [0.3, 0.4) is 0 Å². The van der Waals surface area contributed by atoms with E-state index >= 15 is 0 Å². The standard InChI is InChI=1S/C15H18N2/c16-10-9-15(7-3-8-15)13-6-11-17-14-5-2-1-4-12(13)14/h1-2,4-6,11H,3,7-10,16H2. The quantitative estimate of drug-likeness (QED) is 0.873. The van der Waals surface area contributed by atoms with E-state index in [4.69, 9.17) is 5.73 Å². The van der Waals surface area contributed by atoms with Gasteiger partial charge >= 0.3 is 0 Å². The Labute approximate surface area is 102 Å². The van der Waals surface area contributed by atoms with Crippen molar-refractivity contribution in [2.75, 3.05) is 6.54 Å². The van der Waals surface area contributed by atoms with Gasteiger partial charge in [-0.15, -0.1) is 0 Å². The molecule has 1 saturated carbocycles. The number of fused-ring (bicyclic) bond motifs is 1. The normalized spacial score (nSPS) is 17.9. The molecule has 2 heteroatoms. The fourth-order valence-corrected chi connectivity index (χ4v) is 3.09. The van der Waals surface area contributed by atoms with Crippen LogP contribution in [0.4, 0.5) is 0 Å². The average molecular weight is 226 g/mol. The first-order valence-electron chi connectivity index (χ1n) is 6.40. The van der Waals surface area contributed by atoms with Crippen LogP contribution in [0, 0.1) is 0 Å². The van der Waals surface area contributed by atoms with Crippen LogP contribution in [0.5, 0.6) is 0 Å². The van der Waals surface area contributed by atoms with E-state index in [1.165, 1.54) is 30.2 Å². The van der Waals surface area contributed by atoms with Crippen LogP contribution in [0.2, 0.25) is 0 Å². The summed E-state index contributed by atoms with van der Waals surface area (Å²) in [5, 5.41) is 1.31. The molecule has 2 aromatic rings. The number of nitrogens with two attached hydrogens (primary N) is 1. The molecule has 1 aliphatic rings. The number of aromatic nitrogens is 1. The number of pyridine rings is 1. The van der Waals surface area contributed by atoms with Gasteiger partial charge in [-0.05, 0) is 48.9 Å². The molecule has 3 rings (SSSR count). The highest BCUT2D eigenvalue weighted by atomic mass is 14.7. The first-order chi connectivity index (χ1) is 8.36. The summed E-state index contributed by atoms with van der Waals surface area (Å²) in [6.45, 7) is 0.774. The van der Waals surface area contributed by atoms with Crippen molar-refractivity contribution in [3.63, 3.8) is 0 Å². The highest BCUT2D eigenvalue weighted by molar-refractivity contribution is 5.83. The van der Waals surface area contributed by atoms with Gasteiger partial charge in [-0.1, -0.05) is 24.6 Å². The molecule has 0 unspecified atom stereocenters. The van der Waals surface area contributed by atoms with Gasteiger partial charge in [0, 0.05) is 11.6 Å². The van der Waals surface area contributed by atoms with Crippen LogP contribution < -0.4 is 5.73 Å². The smallest absolute Gasteiger partial charge is 0.0704 e. The molecule has 0 saturated heterocycles. The molecule has 88 valence electrons. The van der Waals surface area contributed by atoms with Crippen LogP contribution in [0.15, 0.2) is 36.5 Å². The Hall–Kier alpha value is -1.41. The van der Waals surface area contributed by atoms with E-state index in [9.17, 15) is 0 Å². The summed E-state index contributed by atoms with van der Waals surface area (Å²) in [7, 11) is 0. The van der Waals surface area contributed by atoms with Crippen molar-refractivity contribution in [1.29, 1.82) is 0 Å². The van der Waals surface area contributed by atoms with Crippen molar-refractivity contribution in [1.82, 2.24) is 4.98 Å². The molecule has 0 atom stereocenters. The fraction of sp³-hybridized carbons (Fsp3) is 0.400. The van der Waals surface area contributed by atoms with Crippen LogP contribution in [-0.2, 0) is 5.41 Å². The second kappa shape index (κ2) is 4.11. The number of rotatable bonds is 3. The van der Waals surface area contributed by atoms with Gasteiger partial charge in [-0.3, -0.25) is 4.98 Å². The summed E-state index contributed by atoms with van der Waals surface area (Å²) in [5.74, 6) is 0. The second-order valence-corrected chi connectivity index (χ2v) is 5.05. The Bertz CT molecular complexity index is 524. The van der Waals surface area contributed by atoms with Crippen LogP contribution in [0.1, 0.15) is 31.2 Å². The average Bonchev–Trinajstić information content (AvgIpc) is 2.33. The van der Waals surface area contributed by atoms with Crippen molar-refractivity contribution in [2.45, 2.75) is 31.1 Å². The monoisotopic (exact) mass is 226 g/mol. The largest absolute Gasteiger partial charge is 0.330 e. The molecule has 0 amide bonds. The minimum Gasteiger partial charge on any atom is -0.330 e. The van der Waals surface area contributed by atoms with Crippen molar-refractivity contribution in [3.8, 4) is 0 Å². The third kappa shape index (κ3) is 1.64. The van der Waals surface area contributed by atoms with E-state index < -0.39 is 0 Å². The lowest BCUT2D eigenvalue weighted by Crippen LogP contribution is -2.36. The van der Waals surface area contributed by atoms with Crippen LogP contribution in [-0.4, -0.2) is 11.5 Å². The third-order valence-electron chi connectivity index (χ3n) is 4.15. The Kier molecular flexibility index (Phi) is 2.60. The fourth-order valence-electron chi connectivity index (χ4n) is 3.09. The molecule has 0 bridgehead atoms. The molecule has 1 fully saturated rings. The molecule has 17 heavy (non-hydrogen) atoms. The van der Waals surface area contributed by atoms with Gasteiger partial charge in [-0.25, -0.2) is 0 Å². The molecule has 0 aliphatic heterocycles. The first-order valence-corrected chi connectivity index (χ1v) is 6.40. The number of benzene rings is 1. The van der Waals surface area contributed by atoms with Gasteiger partial charge in [0.2, 0.25) is 0 Å². The van der Waals surface area contributed by atoms with E-state index in [1.54, 1.807) is 0 Å². The summed E-state index contributed by atoms with van der Waals surface area (Å²) < 4.78 is 0. The van der Waals surface area contributed by atoms with E-state index in [0.29, 0.717) is 5.41 Å². The van der Waals surface area contributed by atoms with Gasteiger partial charge in [-0.2, -0.15) is 0 Å². The zero-order chi connectivity index (χ0) is 11.7. The Morgan fingerprint density at radius 2 is 2.00 bits per heavy atom. The second-order valence-electron chi connectivity index (χ2n) is 5.05. The van der Waals surface area contributed by atoms with E-state index in [-0.39, 0.29) is 0 Å². The maximum atomic E-state index is 5.79. The van der Waals surface area contributed by atoms with Crippen molar-refractivity contribution >= 4 is 10.9 Å². The van der Waals surface area contributed by atoms with Gasteiger partial charge in [0.25, 0.3) is 0 Å². The van der Waals surface area contributed by atoms with Gasteiger partial charge < -0.3 is 5.73 Å². The zero-order valence-electron chi connectivity index (χ0n) is 10.0. The minimum atomic E-state index is 0.331. The summed E-state index contributed by atoms with van der Waals surface area (Å²) in [4.78, 5) is 4.44. The minimum absolute atomic E-state index is 0.331. The van der Waals surface area contributed by atoms with E-state index in [2.05, 4.69) is 35.3 Å². The van der Waals surface area contributed by atoms with Gasteiger partial charge in [0.05, 0.1) is 5.52 Å². The number of hydrogen-bond acceptors (Lipinski definition) is 2. The molecule has 0 radical (unpaired) electrons. The number of hydrogen-bond donors (Lipinski definition) is 1. The molecule has 1 aromatic carbocycles. The highest BCUT2D eigenvalue weighted by Crippen LogP contribution is 2.47. The maximum absolute atomic E-state index is 5.79. The zero-order valence-corrected chi connectivity index (χ0v) is 10.0. The van der Waals surface area contributed by atoms with Gasteiger partial charge in [0.1, 0.15) is 0 Å². The molecular weight excluding hydrogens is 208 g/mol. The molecule has 0 spiro atoms. The highest BCUT2D eigenvalue weighted by Gasteiger charge is 2.38. The Morgan fingerprint density at radius 3 is 2.71 bits per heavy atom. The number of nitrogens with zero attached hydrogens (tertiary/aromatic N) is 1. The Balaban J connectivity index is 2.16. The lowest BCUT2D eigenvalue weighted by molar-refractivity contribution is 0.231. The predicted molar refractivity (Wildman–Crippen MR) is 70.9 cm³/mol. The molecule has 1 aliphatic carbocycles. The lowest BCUT2D eigenvalue weighted by Gasteiger charge is -2.43. The van der Waals surface area contributed by atoms with Gasteiger partial charge in [0.15, 0.2) is 0 Å². The SMILES string of the molecule is NCCC1(c2ccnc3ccccc23)CCC1. The molecule has 1 aromatic heterocycles. The summed E-state index contributed by atoms with van der Waals surface area (Å²) in [6, 6.07) is 10.6. The maximum Gasteiger partial charge on any atom is 0.0704 e. The lowest BCUT2D eigenvalue weighted by atomic mass is 9.62. The van der Waals surface area contributed by atoms with Crippen molar-refractivity contribution in [3.05, 3.63) is 42.1 Å². The predicted octanol–water partition coefficient (Wildman–Crippen LogP) is 3.01. The van der Waals surface area contributed by atoms with Crippen LogP contribution >= 0.6 is 0 Å². The summed E-state index contributed by atoms with van der Waals surface area (Å²) in [5.41, 5.74) is 8.68. The number of para-hydroxylation sites is 1. The molecule has 2 N–H and O–H groups in total. The molecule has 2 nitrogen and oxygen atoms in total. The summed E-state index contributed by atoms with van der Waals surface area (Å²) in [6.07, 6.45) is 6.92. The van der Waals surface area contributed by atoms with Crippen molar-refractivity contribution < 1.29 is 0 Å². The van der Waals surface area contributed by atoms with E-state index in [1.807, 2.05) is 6.20 Å². The van der Waals surface area contributed by atoms with E-state index in [0.717, 1.165) is 18.5 Å². The topological polar surface area (TPSA) is 38.9 Å². The van der Waals surface area contributed by atoms with Crippen molar-refractivity contribution in [2.24, 2.45) is 5.73 Å². The molecule has 1 heterocycles.